The van der Waals surface area contributed by atoms with E-state index in [2.05, 4.69) is 4.99 Å². The van der Waals surface area contributed by atoms with Crippen molar-refractivity contribution < 1.29 is 22.4 Å². The number of carbonyl (C=O) groups is 1. The van der Waals surface area contributed by atoms with E-state index in [4.69, 9.17) is 0 Å². The Bertz CT molecular complexity index is 819. The number of aromatic nitrogens is 1. The first-order chi connectivity index (χ1) is 11.4. The highest BCUT2D eigenvalue weighted by Gasteiger charge is 2.34. The molecule has 0 spiro atoms. The van der Waals surface area contributed by atoms with Crippen LogP contribution in [0.25, 0.3) is 5.69 Å². The smallest absolute Gasteiger partial charge is 0.323 e. The second-order valence-corrected chi connectivity index (χ2v) is 6.18. The van der Waals surface area contributed by atoms with Crippen LogP contribution in [0.1, 0.15) is 18.4 Å². The lowest BCUT2D eigenvalue weighted by Gasteiger charge is -2.11. The van der Waals surface area contributed by atoms with Crippen molar-refractivity contribution >= 4 is 17.4 Å². The van der Waals surface area contributed by atoms with E-state index in [-0.39, 0.29) is 10.5 Å². The van der Waals surface area contributed by atoms with E-state index in [0.29, 0.717) is 19.2 Å². The average molecular weight is 359 g/mol. The van der Waals surface area contributed by atoms with Crippen LogP contribution in [0, 0.1) is 5.82 Å². The number of thiazole rings is 1. The summed E-state index contributed by atoms with van der Waals surface area (Å²) in [4.78, 5) is 18.0. The summed E-state index contributed by atoms with van der Waals surface area (Å²) in [5.41, 5.74) is -1.15. The molecule has 9 heteroatoms. The molecule has 1 aliphatic heterocycles. The van der Waals surface area contributed by atoms with Gasteiger partial charge >= 0.3 is 12.2 Å². The number of amides is 2. The zero-order valence-electron chi connectivity index (χ0n) is 12.4. The fraction of sp³-hybridized carbons (Fsp3) is 0.333. The highest BCUT2D eigenvalue weighted by Crippen LogP contribution is 2.32. The predicted octanol–water partition coefficient (Wildman–Crippen LogP) is 3.81. The lowest BCUT2D eigenvalue weighted by atomic mass is 10.2. The number of likely N-dealkylation sites (tertiary alicyclic amines) is 1. The van der Waals surface area contributed by atoms with Crippen LogP contribution in [0.15, 0.2) is 34.8 Å². The Morgan fingerprint density at radius 3 is 2.54 bits per heavy atom. The van der Waals surface area contributed by atoms with Gasteiger partial charge in [-0.1, -0.05) is 0 Å². The van der Waals surface area contributed by atoms with Gasteiger partial charge in [0.15, 0.2) is 4.80 Å². The van der Waals surface area contributed by atoms with Gasteiger partial charge in [0.1, 0.15) is 5.82 Å². The quantitative estimate of drug-likeness (QED) is 0.714. The summed E-state index contributed by atoms with van der Waals surface area (Å²) >= 11 is 1.15. The molecule has 0 radical (unpaired) electrons. The van der Waals surface area contributed by atoms with Crippen molar-refractivity contribution in [2.24, 2.45) is 4.99 Å². The maximum atomic E-state index is 13.7. The SMILES string of the molecule is O=C(/N=c1\sccn1-c1ccc(C(F)(F)F)c(F)c1)N1CCCC1. The van der Waals surface area contributed by atoms with Crippen molar-refractivity contribution in [3.63, 3.8) is 0 Å². The van der Waals surface area contributed by atoms with E-state index in [1.165, 1.54) is 10.8 Å². The molecule has 0 unspecified atom stereocenters. The minimum Gasteiger partial charge on any atom is -0.323 e. The van der Waals surface area contributed by atoms with Crippen LogP contribution >= 0.6 is 11.3 Å². The molecule has 1 aliphatic rings. The highest BCUT2D eigenvalue weighted by atomic mass is 32.1. The molecule has 1 aromatic heterocycles. The third kappa shape index (κ3) is 3.35. The van der Waals surface area contributed by atoms with Gasteiger partial charge in [-0.15, -0.1) is 11.3 Å². The minimum atomic E-state index is -4.75. The van der Waals surface area contributed by atoms with E-state index in [9.17, 15) is 22.4 Å². The Hall–Kier alpha value is -2.16. The Labute approximate surface area is 138 Å². The molecule has 0 bridgehead atoms. The van der Waals surface area contributed by atoms with Gasteiger partial charge in [0.2, 0.25) is 0 Å². The maximum Gasteiger partial charge on any atom is 0.419 e. The van der Waals surface area contributed by atoms with E-state index >= 15 is 0 Å². The number of carbonyl (C=O) groups excluding carboxylic acids is 1. The first-order valence-electron chi connectivity index (χ1n) is 7.23. The van der Waals surface area contributed by atoms with Crippen molar-refractivity contribution in [2.45, 2.75) is 19.0 Å². The van der Waals surface area contributed by atoms with Crippen molar-refractivity contribution in [2.75, 3.05) is 13.1 Å². The summed E-state index contributed by atoms with van der Waals surface area (Å²) in [6.45, 7) is 1.28. The number of urea groups is 1. The number of rotatable bonds is 1. The molecule has 0 aliphatic carbocycles. The van der Waals surface area contributed by atoms with Crippen LogP contribution < -0.4 is 4.80 Å². The number of halogens is 4. The predicted molar refractivity (Wildman–Crippen MR) is 80.4 cm³/mol. The molecule has 1 aromatic carbocycles. The molecule has 24 heavy (non-hydrogen) atoms. The molecule has 4 nitrogen and oxygen atoms in total. The van der Waals surface area contributed by atoms with Crippen molar-refractivity contribution in [3.8, 4) is 5.69 Å². The molecule has 1 saturated heterocycles. The Morgan fingerprint density at radius 2 is 1.92 bits per heavy atom. The molecule has 2 heterocycles. The van der Waals surface area contributed by atoms with Gasteiger partial charge in [-0.3, -0.25) is 4.57 Å². The number of hydrogen-bond acceptors (Lipinski definition) is 2. The van der Waals surface area contributed by atoms with Gasteiger partial charge in [-0.25, -0.2) is 9.18 Å². The van der Waals surface area contributed by atoms with Gasteiger partial charge in [0, 0.05) is 24.7 Å². The van der Waals surface area contributed by atoms with Gasteiger partial charge < -0.3 is 4.90 Å². The van der Waals surface area contributed by atoms with Gasteiger partial charge in [0.25, 0.3) is 0 Å². The van der Waals surface area contributed by atoms with Crippen LogP contribution in [0.5, 0.6) is 0 Å². The molecule has 128 valence electrons. The molecular formula is C15H13F4N3OS. The van der Waals surface area contributed by atoms with Crippen molar-refractivity contribution in [1.82, 2.24) is 9.47 Å². The van der Waals surface area contributed by atoms with Crippen molar-refractivity contribution in [3.05, 3.63) is 46.0 Å². The zero-order chi connectivity index (χ0) is 17.3. The van der Waals surface area contributed by atoms with Crippen LogP contribution in [0.3, 0.4) is 0 Å². The van der Waals surface area contributed by atoms with E-state index in [1.54, 1.807) is 10.3 Å². The van der Waals surface area contributed by atoms with Crippen LogP contribution in [0.2, 0.25) is 0 Å². The summed E-state index contributed by atoms with van der Waals surface area (Å²) in [6, 6.07) is 2.23. The number of benzene rings is 1. The second-order valence-electron chi connectivity index (χ2n) is 5.31. The Kier molecular flexibility index (Phi) is 4.44. The lowest BCUT2D eigenvalue weighted by molar-refractivity contribution is -0.139. The summed E-state index contributed by atoms with van der Waals surface area (Å²) in [7, 11) is 0. The molecule has 3 rings (SSSR count). The summed E-state index contributed by atoms with van der Waals surface area (Å²) in [5, 5.41) is 1.63. The molecule has 2 aromatic rings. The topological polar surface area (TPSA) is 37.6 Å². The lowest BCUT2D eigenvalue weighted by Crippen LogP contribution is -2.27. The van der Waals surface area contributed by atoms with E-state index in [1.807, 2.05) is 0 Å². The number of alkyl halides is 3. The second kappa shape index (κ2) is 6.39. The third-order valence-electron chi connectivity index (χ3n) is 3.69. The monoisotopic (exact) mass is 359 g/mol. The van der Waals surface area contributed by atoms with Gasteiger partial charge in [-0.05, 0) is 31.0 Å². The average Bonchev–Trinajstić information content (AvgIpc) is 3.17. The maximum absolute atomic E-state index is 13.7. The summed E-state index contributed by atoms with van der Waals surface area (Å²) in [5.74, 6) is -1.37. The number of hydrogen-bond donors (Lipinski definition) is 0. The van der Waals surface area contributed by atoms with Crippen LogP contribution in [-0.4, -0.2) is 28.6 Å². The summed E-state index contributed by atoms with van der Waals surface area (Å²) < 4.78 is 53.0. The largest absolute Gasteiger partial charge is 0.419 e. The standard InChI is InChI=1S/C15H13F4N3OS/c16-12-9-10(3-4-11(12)15(17,18)19)22-7-8-24-14(22)20-13(23)21-5-1-2-6-21/h3-4,7-9H,1-2,5-6H2/b20-14-. The van der Waals surface area contributed by atoms with Crippen LogP contribution in [0.4, 0.5) is 22.4 Å². The Balaban J connectivity index is 1.96. The van der Waals surface area contributed by atoms with Gasteiger partial charge in [-0.2, -0.15) is 18.2 Å². The van der Waals surface area contributed by atoms with Crippen LogP contribution in [-0.2, 0) is 6.18 Å². The third-order valence-corrected chi connectivity index (χ3v) is 4.45. The van der Waals surface area contributed by atoms with E-state index < -0.39 is 23.6 Å². The molecule has 2 amide bonds. The van der Waals surface area contributed by atoms with E-state index in [0.717, 1.165) is 36.3 Å². The fourth-order valence-corrected chi connectivity index (χ4v) is 3.21. The summed E-state index contributed by atoms with van der Waals surface area (Å²) in [6.07, 6.45) is -1.37. The molecule has 0 saturated carbocycles. The molecule has 1 fully saturated rings. The first-order valence-corrected chi connectivity index (χ1v) is 8.11. The zero-order valence-corrected chi connectivity index (χ0v) is 13.2. The molecular weight excluding hydrogens is 346 g/mol. The highest BCUT2D eigenvalue weighted by molar-refractivity contribution is 7.07. The minimum absolute atomic E-state index is 0.176. The van der Waals surface area contributed by atoms with Crippen molar-refractivity contribution in [1.29, 1.82) is 0 Å². The number of nitrogens with zero attached hydrogens (tertiary/aromatic N) is 3. The molecule has 0 N–H and O–H groups in total. The first kappa shape index (κ1) is 16.7. The normalized spacial score (nSPS) is 16.0. The fourth-order valence-electron chi connectivity index (χ4n) is 2.49. The van der Waals surface area contributed by atoms with Gasteiger partial charge in [0.05, 0.1) is 11.3 Å². The Morgan fingerprint density at radius 1 is 1.21 bits per heavy atom. The molecule has 0 atom stereocenters.